The van der Waals surface area contributed by atoms with Crippen molar-refractivity contribution in [1.82, 2.24) is 4.72 Å². The first kappa shape index (κ1) is 13.8. The molecule has 0 spiro atoms. The highest BCUT2D eigenvalue weighted by Crippen LogP contribution is 1.99. The Kier molecular flexibility index (Phi) is 6.26. The molecule has 0 heterocycles. The van der Waals surface area contributed by atoms with E-state index in [4.69, 9.17) is 9.84 Å². The van der Waals surface area contributed by atoms with Crippen molar-refractivity contribution in [1.29, 1.82) is 0 Å². The Morgan fingerprint density at radius 3 is 2.43 bits per heavy atom. The van der Waals surface area contributed by atoms with E-state index in [2.05, 4.69) is 4.72 Å². The summed E-state index contributed by atoms with van der Waals surface area (Å²) in [4.78, 5) is 0. The summed E-state index contributed by atoms with van der Waals surface area (Å²) in [7, 11) is -1.81. The Bertz CT molecular complexity index is 240. The van der Waals surface area contributed by atoms with E-state index in [0.717, 1.165) is 0 Å². The normalized spacial score (nSPS) is 16.6. The van der Waals surface area contributed by atoms with Gasteiger partial charge in [-0.25, -0.2) is 13.1 Å². The standard InChI is InChI=1S/C8H19NO4S/c1-7(6-13-3)4-9-14(11,12)8(2)5-10/h7-10H,4-6H2,1-3H3. The lowest BCUT2D eigenvalue weighted by atomic mass is 10.2. The molecule has 0 aromatic rings. The molecule has 0 bridgehead atoms. The molecule has 0 aliphatic carbocycles. The molecule has 0 radical (unpaired) electrons. The zero-order valence-electron chi connectivity index (χ0n) is 8.86. The minimum Gasteiger partial charge on any atom is -0.395 e. The third-order valence-corrected chi connectivity index (χ3v) is 3.65. The van der Waals surface area contributed by atoms with E-state index in [1.165, 1.54) is 6.92 Å². The summed E-state index contributed by atoms with van der Waals surface area (Å²) in [6.07, 6.45) is 0. The fourth-order valence-corrected chi connectivity index (χ4v) is 1.84. The van der Waals surface area contributed by atoms with Gasteiger partial charge in [0.25, 0.3) is 0 Å². The summed E-state index contributed by atoms with van der Waals surface area (Å²) >= 11 is 0. The van der Waals surface area contributed by atoms with Crippen molar-refractivity contribution in [3.8, 4) is 0 Å². The van der Waals surface area contributed by atoms with Crippen molar-refractivity contribution in [3.05, 3.63) is 0 Å². The zero-order chi connectivity index (χ0) is 11.2. The zero-order valence-corrected chi connectivity index (χ0v) is 9.67. The van der Waals surface area contributed by atoms with Crippen molar-refractivity contribution in [2.75, 3.05) is 26.9 Å². The topological polar surface area (TPSA) is 75.6 Å². The molecular formula is C8H19NO4S. The van der Waals surface area contributed by atoms with Crippen molar-refractivity contribution in [2.24, 2.45) is 5.92 Å². The molecule has 2 unspecified atom stereocenters. The molecule has 0 aromatic heterocycles. The van der Waals surface area contributed by atoms with Gasteiger partial charge in [-0.15, -0.1) is 0 Å². The SMILES string of the molecule is COCC(C)CNS(=O)(=O)C(C)CO. The number of hydrogen-bond donors (Lipinski definition) is 2. The van der Waals surface area contributed by atoms with Crippen LogP contribution in [-0.4, -0.2) is 45.6 Å². The third kappa shape index (κ3) is 4.90. The van der Waals surface area contributed by atoms with Crippen molar-refractivity contribution in [2.45, 2.75) is 19.1 Å². The molecule has 5 nitrogen and oxygen atoms in total. The molecule has 6 heteroatoms. The van der Waals surface area contributed by atoms with Crippen LogP contribution in [0.2, 0.25) is 0 Å². The van der Waals surface area contributed by atoms with Crippen molar-refractivity contribution >= 4 is 10.0 Å². The Balaban J connectivity index is 4.00. The van der Waals surface area contributed by atoms with Crippen LogP contribution in [0, 0.1) is 5.92 Å². The van der Waals surface area contributed by atoms with Gasteiger partial charge in [-0.2, -0.15) is 0 Å². The molecule has 14 heavy (non-hydrogen) atoms. The summed E-state index contributed by atoms with van der Waals surface area (Å²) < 4.78 is 30.0. The van der Waals surface area contributed by atoms with Crippen LogP contribution in [0.3, 0.4) is 0 Å². The maximum absolute atomic E-state index is 11.4. The van der Waals surface area contributed by atoms with E-state index in [-0.39, 0.29) is 12.5 Å². The van der Waals surface area contributed by atoms with Crippen LogP contribution in [0.25, 0.3) is 0 Å². The van der Waals surface area contributed by atoms with Crippen LogP contribution in [0.4, 0.5) is 0 Å². The van der Waals surface area contributed by atoms with E-state index < -0.39 is 15.3 Å². The number of rotatable bonds is 7. The quantitative estimate of drug-likeness (QED) is 0.616. The lowest BCUT2D eigenvalue weighted by Gasteiger charge is -2.14. The van der Waals surface area contributed by atoms with Gasteiger partial charge in [-0.05, 0) is 12.8 Å². The molecule has 0 amide bonds. The number of aliphatic hydroxyl groups is 1. The van der Waals surface area contributed by atoms with Crippen LogP contribution in [-0.2, 0) is 14.8 Å². The average Bonchev–Trinajstić information content (AvgIpc) is 2.14. The van der Waals surface area contributed by atoms with E-state index in [9.17, 15) is 8.42 Å². The second kappa shape index (κ2) is 6.34. The molecule has 2 N–H and O–H groups in total. The van der Waals surface area contributed by atoms with Gasteiger partial charge in [0.1, 0.15) is 0 Å². The molecule has 0 aromatic carbocycles. The molecule has 0 aliphatic rings. The highest BCUT2D eigenvalue weighted by molar-refractivity contribution is 7.90. The summed E-state index contributed by atoms with van der Waals surface area (Å²) in [5.41, 5.74) is 0. The van der Waals surface area contributed by atoms with Gasteiger partial charge in [0.2, 0.25) is 10.0 Å². The van der Waals surface area contributed by atoms with E-state index >= 15 is 0 Å². The number of methoxy groups -OCH3 is 1. The first-order valence-corrected chi connectivity index (χ1v) is 6.07. The number of hydrogen-bond acceptors (Lipinski definition) is 4. The van der Waals surface area contributed by atoms with Gasteiger partial charge >= 0.3 is 0 Å². The predicted molar refractivity (Wildman–Crippen MR) is 54.5 cm³/mol. The predicted octanol–water partition coefficient (Wildman–Crippen LogP) is -0.431. The lowest BCUT2D eigenvalue weighted by Crippen LogP contribution is -2.37. The van der Waals surface area contributed by atoms with Crippen molar-refractivity contribution in [3.63, 3.8) is 0 Å². The molecule has 0 rings (SSSR count). The van der Waals surface area contributed by atoms with Gasteiger partial charge < -0.3 is 9.84 Å². The Morgan fingerprint density at radius 2 is 2.00 bits per heavy atom. The van der Waals surface area contributed by atoms with Crippen LogP contribution in [0.15, 0.2) is 0 Å². The Morgan fingerprint density at radius 1 is 1.43 bits per heavy atom. The second-order valence-electron chi connectivity index (χ2n) is 3.45. The molecule has 0 saturated heterocycles. The summed E-state index contributed by atoms with van der Waals surface area (Å²) in [5, 5.41) is 7.93. The molecule has 0 fully saturated rings. The smallest absolute Gasteiger partial charge is 0.216 e. The maximum atomic E-state index is 11.4. The Hall–Kier alpha value is -0.170. The summed E-state index contributed by atoms with van der Waals surface area (Å²) in [6.45, 7) is 3.82. The number of ether oxygens (including phenoxy) is 1. The van der Waals surface area contributed by atoms with Gasteiger partial charge in [0, 0.05) is 20.3 Å². The largest absolute Gasteiger partial charge is 0.395 e. The van der Waals surface area contributed by atoms with Crippen molar-refractivity contribution < 1.29 is 18.3 Å². The third-order valence-electron chi connectivity index (χ3n) is 1.87. The van der Waals surface area contributed by atoms with Gasteiger partial charge in [-0.3, -0.25) is 0 Å². The minimum absolute atomic E-state index is 0.126. The van der Waals surface area contributed by atoms with Gasteiger partial charge in [0.05, 0.1) is 11.9 Å². The highest BCUT2D eigenvalue weighted by atomic mass is 32.2. The van der Waals surface area contributed by atoms with E-state index in [1.54, 1.807) is 7.11 Å². The number of sulfonamides is 1. The van der Waals surface area contributed by atoms with Crippen LogP contribution < -0.4 is 4.72 Å². The maximum Gasteiger partial charge on any atom is 0.216 e. The first-order chi connectivity index (χ1) is 6.44. The first-order valence-electron chi connectivity index (χ1n) is 4.52. The molecule has 0 saturated carbocycles. The monoisotopic (exact) mass is 225 g/mol. The number of nitrogens with one attached hydrogen (secondary N) is 1. The van der Waals surface area contributed by atoms with Crippen LogP contribution in [0.1, 0.15) is 13.8 Å². The second-order valence-corrected chi connectivity index (χ2v) is 5.63. The van der Waals surface area contributed by atoms with Gasteiger partial charge in [-0.1, -0.05) is 6.92 Å². The molecule has 0 aliphatic heterocycles. The van der Waals surface area contributed by atoms with Crippen LogP contribution >= 0.6 is 0 Å². The van der Waals surface area contributed by atoms with Gasteiger partial charge in [0.15, 0.2) is 0 Å². The number of aliphatic hydroxyl groups excluding tert-OH is 1. The highest BCUT2D eigenvalue weighted by Gasteiger charge is 2.19. The molecule has 86 valence electrons. The lowest BCUT2D eigenvalue weighted by molar-refractivity contribution is 0.161. The average molecular weight is 225 g/mol. The summed E-state index contributed by atoms with van der Waals surface area (Å²) in [6, 6.07) is 0. The van der Waals surface area contributed by atoms with E-state index in [0.29, 0.717) is 13.2 Å². The Labute approximate surface area is 85.5 Å². The molecular weight excluding hydrogens is 206 g/mol. The summed E-state index contributed by atoms with van der Waals surface area (Å²) in [5.74, 6) is 0.126. The van der Waals surface area contributed by atoms with Crippen LogP contribution in [0.5, 0.6) is 0 Å². The van der Waals surface area contributed by atoms with E-state index in [1.807, 2.05) is 6.92 Å². The fourth-order valence-electron chi connectivity index (χ4n) is 0.842. The molecule has 2 atom stereocenters. The fraction of sp³-hybridized carbons (Fsp3) is 1.00. The minimum atomic E-state index is -3.38.